The molecule has 0 radical (unpaired) electrons. The molecule has 10 atom stereocenters. The summed E-state index contributed by atoms with van der Waals surface area (Å²) < 4.78 is 0. The zero-order valence-electron chi connectivity index (χ0n) is 21.8. The Bertz CT molecular complexity index is 718. The van der Waals surface area contributed by atoms with Crippen molar-refractivity contribution in [2.75, 3.05) is 0 Å². The van der Waals surface area contributed by atoms with Gasteiger partial charge in [-0.1, -0.05) is 54.4 Å². The first-order valence-corrected chi connectivity index (χ1v) is 14.7. The first-order valence-electron chi connectivity index (χ1n) is 14.7. The largest absolute Gasteiger partial charge is 0.0651 e. The molecule has 0 heteroatoms. The number of hydrogen-bond donors (Lipinski definition) is 0. The van der Waals surface area contributed by atoms with E-state index < -0.39 is 0 Å². The summed E-state index contributed by atoms with van der Waals surface area (Å²) in [6.45, 7) is 15.5. The topological polar surface area (TPSA) is 0 Å². The zero-order chi connectivity index (χ0) is 21.8. The van der Waals surface area contributed by atoms with Gasteiger partial charge in [-0.3, -0.25) is 0 Å². The minimum Gasteiger partial charge on any atom is -0.0651 e. The lowest BCUT2D eigenvalue weighted by molar-refractivity contribution is -0.0946. The van der Waals surface area contributed by atoms with Gasteiger partial charge < -0.3 is 0 Å². The fourth-order valence-corrected chi connectivity index (χ4v) is 12.7. The molecular formula is C31H52. The highest BCUT2D eigenvalue weighted by atomic mass is 14.8. The Morgan fingerprint density at radius 2 is 1.55 bits per heavy atom. The molecule has 0 amide bonds. The van der Waals surface area contributed by atoms with Crippen LogP contribution in [0.3, 0.4) is 0 Å². The maximum absolute atomic E-state index is 2.81. The van der Waals surface area contributed by atoms with Crippen molar-refractivity contribution in [3.8, 4) is 0 Å². The Balaban J connectivity index is 1.26. The molecule has 6 saturated carbocycles. The highest BCUT2D eigenvalue weighted by Gasteiger charge is 2.79. The summed E-state index contributed by atoms with van der Waals surface area (Å²) in [5.74, 6) is 8.29. The minimum atomic E-state index is 0.621. The lowest BCUT2D eigenvalue weighted by Gasteiger charge is -2.58. The number of rotatable bonds is 3. The molecule has 0 bridgehead atoms. The molecule has 10 unspecified atom stereocenters. The summed E-state index contributed by atoms with van der Waals surface area (Å²) in [5, 5.41) is 0. The fourth-order valence-electron chi connectivity index (χ4n) is 12.7. The second-order valence-electron chi connectivity index (χ2n) is 15.2. The van der Waals surface area contributed by atoms with E-state index in [0.29, 0.717) is 10.8 Å². The van der Waals surface area contributed by atoms with Gasteiger partial charge in [0.25, 0.3) is 0 Å². The summed E-state index contributed by atoms with van der Waals surface area (Å²) in [6, 6.07) is 0. The maximum Gasteiger partial charge on any atom is -0.0199 e. The van der Waals surface area contributed by atoms with Crippen molar-refractivity contribution in [2.45, 2.75) is 125 Å². The molecule has 0 N–H and O–H groups in total. The van der Waals surface area contributed by atoms with Gasteiger partial charge >= 0.3 is 0 Å². The van der Waals surface area contributed by atoms with Gasteiger partial charge in [-0.2, -0.15) is 0 Å². The van der Waals surface area contributed by atoms with E-state index in [9.17, 15) is 0 Å². The molecule has 31 heavy (non-hydrogen) atoms. The van der Waals surface area contributed by atoms with Crippen LogP contribution in [0.25, 0.3) is 0 Å². The molecule has 0 heterocycles. The standard InChI is InChI=1S/C31H52/c1-7-23(20(2)3)21-9-10-24-22(17-21)18-26-25-11-12-27-28(4,5)13-8-14-31(27)19-30(25,31)16-15-29(24,26)6/h20-27H,7-19H2,1-6H3. The molecule has 6 fully saturated rings. The smallest absolute Gasteiger partial charge is 0.0199 e. The van der Waals surface area contributed by atoms with Crippen LogP contribution in [0.15, 0.2) is 0 Å². The minimum absolute atomic E-state index is 0.621. The predicted molar refractivity (Wildman–Crippen MR) is 132 cm³/mol. The van der Waals surface area contributed by atoms with E-state index in [4.69, 9.17) is 0 Å². The van der Waals surface area contributed by atoms with E-state index >= 15 is 0 Å². The van der Waals surface area contributed by atoms with Gasteiger partial charge in [-0.15, -0.1) is 0 Å². The van der Waals surface area contributed by atoms with E-state index in [2.05, 4.69) is 41.5 Å². The van der Waals surface area contributed by atoms with Gasteiger partial charge in [-0.25, -0.2) is 0 Å². The molecule has 0 aromatic heterocycles. The summed E-state index contributed by atoms with van der Waals surface area (Å²) in [7, 11) is 0. The van der Waals surface area contributed by atoms with Crippen molar-refractivity contribution in [3.05, 3.63) is 0 Å². The summed E-state index contributed by atoms with van der Waals surface area (Å²) in [5.41, 5.74) is 2.91. The molecule has 6 rings (SSSR count). The van der Waals surface area contributed by atoms with Crippen molar-refractivity contribution in [3.63, 3.8) is 0 Å². The van der Waals surface area contributed by atoms with Crippen LogP contribution < -0.4 is 0 Å². The van der Waals surface area contributed by atoms with Crippen LogP contribution in [0.2, 0.25) is 0 Å². The van der Waals surface area contributed by atoms with Gasteiger partial charge in [0.05, 0.1) is 0 Å². The molecule has 0 aromatic carbocycles. The van der Waals surface area contributed by atoms with Crippen LogP contribution in [0.1, 0.15) is 125 Å². The van der Waals surface area contributed by atoms with Gasteiger partial charge in [-0.05, 0) is 140 Å². The Labute approximate surface area is 194 Å². The van der Waals surface area contributed by atoms with E-state index in [-0.39, 0.29) is 0 Å². The van der Waals surface area contributed by atoms with Crippen molar-refractivity contribution in [2.24, 2.45) is 69.0 Å². The lowest BCUT2D eigenvalue weighted by atomic mass is 9.46. The first-order chi connectivity index (χ1) is 14.7. The summed E-state index contributed by atoms with van der Waals surface area (Å²) in [6.07, 6.45) is 20.4. The number of fused-ring (bicyclic) bond motifs is 4. The molecular weight excluding hydrogens is 372 g/mol. The van der Waals surface area contributed by atoms with Crippen LogP contribution >= 0.6 is 0 Å². The third-order valence-corrected chi connectivity index (χ3v) is 13.8. The second-order valence-corrected chi connectivity index (χ2v) is 15.2. The monoisotopic (exact) mass is 424 g/mol. The molecule has 0 aromatic rings. The van der Waals surface area contributed by atoms with Gasteiger partial charge in [0.1, 0.15) is 0 Å². The SMILES string of the molecule is CCC(C(C)C)C1CCC2C(C1)CC1C3CCC4C(C)(C)CCCC45CC35CCC21C. The molecule has 2 spiro atoms. The average molecular weight is 425 g/mol. The van der Waals surface area contributed by atoms with Crippen LogP contribution in [0.5, 0.6) is 0 Å². The molecule has 0 saturated heterocycles. The molecule has 6 aliphatic rings. The van der Waals surface area contributed by atoms with Gasteiger partial charge in [0.15, 0.2) is 0 Å². The number of hydrogen-bond acceptors (Lipinski definition) is 0. The molecule has 0 nitrogen and oxygen atoms in total. The Morgan fingerprint density at radius 3 is 2.29 bits per heavy atom. The van der Waals surface area contributed by atoms with Crippen LogP contribution in [-0.2, 0) is 0 Å². The Morgan fingerprint density at radius 1 is 0.774 bits per heavy atom. The van der Waals surface area contributed by atoms with Crippen molar-refractivity contribution in [1.82, 2.24) is 0 Å². The summed E-state index contributed by atoms with van der Waals surface area (Å²) in [4.78, 5) is 0. The third-order valence-electron chi connectivity index (χ3n) is 13.8. The highest BCUT2D eigenvalue weighted by molar-refractivity contribution is 5.28. The predicted octanol–water partition coefficient (Wildman–Crippen LogP) is 9.13. The van der Waals surface area contributed by atoms with Crippen LogP contribution in [-0.4, -0.2) is 0 Å². The normalized spacial score (nSPS) is 55.5. The van der Waals surface area contributed by atoms with Gasteiger partial charge in [0.2, 0.25) is 0 Å². The second kappa shape index (κ2) is 6.78. The summed E-state index contributed by atoms with van der Waals surface area (Å²) >= 11 is 0. The van der Waals surface area contributed by atoms with Crippen molar-refractivity contribution >= 4 is 0 Å². The first kappa shape index (κ1) is 21.5. The molecule has 6 aliphatic carbocycles. The van der Waals surface area contributed by atoms with E-state index in [0.717, 1.165) is 58.2 Å². The van der Waals surface area contributed by atoms with E-state index in [1.807, 2.05) is 0 Å². The van der Waals surface area contributed by atoms with Crippen LogP contribution in [0.4, 0.5) is 0 Å². The maximum atomic E-state index is 2.81. The fraction of sp³-hybridized carbons (Fsp3) is 1.00. The molecule has 0 aliphatic heterocycles. The third kappa shape index (κ3) is 2.66. The van der Waals surface area contributed by atoms with Crippen LogP contribution in [0, 0.1) is 69.0 Å². The quantitative estimate of drug-likeness (QED) is 0.423. The van der Waals surface area contributed by atoms with Gasteiger partial charge in [0, 0.05) is 0 Å². The van der Waals surface area contributed by atoms with Crippen molar-refractivity contribution < 1.29 is 0 Å². The molecule has 176 valence electrons. The van der Waals surface area contributed by atoms with E-state index in [1.54, 1.807) is 64.2 Å². The lowest BCUT2D eigenvalue weighted by Crippen LogP contribution is -2.51. The zero-order valence-corrected chi connectivity index (χ0v) is 21.8. The Kier molecular flexibility index (Phi) is 4.71. The average Bonchev–Trinajstić information content (AvgIpc) is 3.27. The van der Waals surface area contributed by atoms with Crippen molar-refractivity contribution in [1.29, 1.82) is 0 Å². The van der Waals surface area contributed by atoms with E-state index in [1.165, 1.54) is 19.3 Å². The highest BCUT2D eigenvalue weighted by Crippen LogP contribution is 2.87. The Hall–Kier alpha value is 0.